The fourth-order valence-electron chi connectivity index (χ4n) is 1.63. The summed E-state index contributed by atoms with van der Waals surface area (Å²) in [6.07, 6.45) is -8.26. The second-order valence-electron chi connectivity index (χ2n) is 4.26. The van der Waals surface area contributed by atoms with E-state index >= 15 is 0 Å². The van der Waals surface area contributed by atoms with Gasteiger partial charge >= 0.3 is 12.1 Å². The highest BCUT2D eigenvalue weighted by atomic mass is 31.2. The molecule has 4 nitrogen and oxygen atoms in total. The molecule has 0 spiro atoms. The Morgan fingerprint density at radius 3 is 2.37 bits per heavy atom. The van der Waals surface area contributed by atoms with Gasteiger partial charge in [-0.2, -0.15) is 22.0 Å². The summed E-state index contributed by atoms with van der Waals surface area (Å²) in [5.41, 5.74) is 0. The third-order valence-corrected chi connectivity index (χ3v) is 3.65. The molecule has 2 unspecified atom stereocenters. The van der Waals surface area contributed by atoms with Crippen LogP contribution in [0.1, 0.15) is 32.1 Å². The van der Waals surface area contributed by atoms with Crippen molar-refractivity contribution in [2.75, 3.05) is 6.61 Å². The van der Waals surface area contributed by atoms with Gasteiger partial charge < -0.3 is 13.9 Å². The second kappa shape index (κ2) is 6.03. The molecule has 19 heavy (non-hydrogen) atoms. The Balaban J connectivity index is 2.75. The maximum absolute atomic E-state index is 12.9. The molecule has 2 atom stereocenters. The molecule has 1 fully saturated rings. The number of alkyl halides is 5. The molecule has 0 radical (unpaired) electrons. The first-order valence-corrected chi connectivity index (χ1v) is 7.08. The van der Waals surface area contributed by atoms with Crippen molar-refractivity contribution in [3.05, 3.63) is 0 Å². The number of phosphoric ester groups is 1. The first-order chi connectivity index (χ1) is 8.54. The SMILES string of the molecule is O=P1([O-])OCCCCCC(CC(F)(F)C(F)(F)F)O1. The van der Waals surface area contributed by atoms with Gasteiger partial charge in [-0.1, -0.05) is 12.8 Å². The normalized spacial score (nSPS) is 31.4. The number of hydrogen-bond donors (Lipinski definition) is 0. The summed E-state index contributed by atoms with van der Waals surface area (Å²) in [5, 5.41) is 0. The van der Waals surface area contributed by atoms with Crippen LogP contribution >= 0.6 is 7.82 Å². The van der Waals surface area contributed by atoms with Gasteiger partial charge in [-0.05, 0) is 12.8 Å². The molecule has 114 valence electrons. The maximum atomic E-state index is 12.9. The van der Waals surface area contributed by atoms with Gasteiger partial charge in [0.1, 0.15) is 0 Å². The first-order valence-electron chi connectivity index (χ1n) is 5.62. The smallest absolute Gasteiger partial charge is 0.453 e. The number of hydrogen-bond acceptors (Lipinski definition) is 4. The molecule has 0 N–H and O–H groups in total. The summed E-state index contributed by atoms with van der Waals surface area (Å²) in [6, 6.07) is 0. The Morgan fingerprint density at radius 1 is 1.16 bits per heavy atom. The molecule has 1 saturated heterocycles. The summed E-state index contributed by atoms with van der Waals surface area (Å²) in [5.74, 6) is -4.99. The summed E-state index contributed by atoms with van der Waals surface area (Å²) in [7, 11) is -4.83. The van der Waals surface area contributed by atoms with E-state index in [1.54, 1.807) is 0 Å². The van der Waals surface area contributed by atoms with Crippen LogP contribution in [0.4, 0.5) is 22.0 Å². The monoisotopic (exact) mass is 311 g/mol. The zero-order valence-electron chi connectivity index (χ0n) is 9.79. The van der Waals surface area contributed by atoms with Crippen LogP contribution in [0, 0.1) is 0 Å². The van der Waals surface area contributed by atoms with Crippen molar-refractivity contribution in [2.45, 2.75) is 50.3 Å². The van der Waals surface area contributed by atoms with Crippen LogP contribution in [0.25, 0.3) is 0 Å². The molecular weight excluding hydrogens is 298 g/mol. The van der Waals surface area contributed by atoms with Gasteiger partial charge in [0.15, 0.2) is 0 Å². The van der Waals surface area contributed by atoms with Crippen LogP contribution in [0.5, 0.6) is 0 Å². The molecule has 0 saturated carbocycles. The Hall–Kier alpha value is -0.240. The third kappa shape index (κ3) is 5.33. The zero-order chi connectivity index (χ0) is 14.7. The van der Waals surface area contributed by atoms with Gasteiger partial charge in [-0.15, -0.1) is 0 Å². The van der Waals surface area contributed by atoms with Crippen LogP contribution in [0.15, 0.2) is 0 Å². The molecule has 0 aromatic carbocycles. The molecule has 1 aliphatic rings. The molecule has 1 rings (SSSR count). The van der Waals surface area contributed by atoms with Crippen LogP contribution in [-0.2, 0) is 13.6 Å². The minimum Gasteiger partial charge on any atom is -0.756 e. The second-order valence-corrected chi connectivity index (χ2v) is 5.63. The summed E-state index contributed by atoms with van der Waals surface area (Å²) < 4.78 is 81.7. The minimum absolute atomic E-state index is 0.164. The highest BCUT2D eigenvalue weighted by molar-refractivity contribution is 7.45. The van der Waals surface area contributed by atoms with Gasteiger partial charge in [0.2, 0.25) is 0 Å². The van der Waals surface area contributed by atoms with Crippen molar-refractivity contribution in [3.63, 3.8) is 0 Å². The lowest BCUT2D eigenvalue weighted by molar-refractivity contribution is -0.292. The summed E-state index contributed by atoms with van der Waals surface area (Å²) >= 11 is 0. The minimum atomic E-state index is -5.73. The highest BCUT2D eigenvalue weighted by Gasteiger charge is 2.58. The maximum Gasteiger partial charge on any atom is 0.453 e. The van der Waals surface area contributed by atoms with Gasteiger partial charge in [0.25, 0.3) is 7.82 Å². The van der Waals surface area contributed by atoms with E-state index in [0.717, 1.165) is 0 Å². The molecule has 0 aromatic heterocycles. The van der Waals surface area contributed by atoms with Gasteiger partial charge in [-0.25, -0.2) is 0 Å². The van der Waals surface area contributed by atoms with Crippen molar-refractivity contribution >= 4 is 7.82 Å². The van der Waals surface area contributed by atoms with Gasteiger partial charge in [0, 0.05) is 6.42 Å². The molecule has 0 amide bonds. The molecule has 0 bridgehead atoms. The largest absolute Gasteiger partial charge is 0.756 e. The molecule has 0 aliphatic carbocycles. The van der Waals surface area contributed by atoms with E-state index in [1.807, 2.05) is 0 Å². The predicted octanol–water partition coefficient (Wildman–Crippen LogP) is 3.02. The van der Waals surface area contributed by atoms with E-state index in [4.69, 9.17) is 0 Å². The van der Waals surface area contributed by atoms with Crippen LogP contribution in [-0.4, -0.2) is 24.8 Å². The molecule has 1 heterocycles. The van der Waals surface area contributed by atoms with Crippen LogP contribution in [0.2, 0.25) is 0 Å². The van der Waals surface area contributed by atoms with Crippen LogP contribution in [0.3, 0.4) is 0 Å². The summed E-state index contributed by atoms with van der Waals surface area (Å²) in [4.78, 5) is 11.2. The Labute approximate surface area is 106 Å². The van der Waals surface area contributed by atoms with Gasteiger partial charge in [0.05, 0.1) is 12.7 Å². The van der Waals surface area contributed by atoms with Crippen molar-refractivity contribution in [1.29, 1.82) is 0 Å². The summed E-state index contributed by atoms with van der Waals surface area (Å²) in [6.45, 7) is -0.164. The topological polar surface area (TPSA) is 58.6 Å². The Kier molecular flexibility index (Phi) is 5.34. The fourth-order valence-corrected chi connectivity index (χ4v) is 2.59. The average Bonchev–Trinajstić information content (AvgIpc) is 2.26. The first kappa shape index (κ1) is 16.8. The van der Waals surface area contributed by atoms with E-state index in [2.05, 4.69) is 9.05 Å². The Morgan fingerprint density at radius 2 is 1.79 bits per heavy atom. The quantitative estimate of drug-likeness (QED) is 0.581. The zero-order valence-corrected chi connectivity index (χ0v) is 10.7. The molecular formula is C9H13F5O4P-. The number of halogens is 5. The molecule has 10 heteroatoms. The Bertz CT molecular complexity index is 346. The van der Waals surface area contributed by atoms with E-state index in [-0.39, 0.29) is 13.0 Å². The lowest BCUT2D eigenvalue weighted by Gasteiger charge is -2.30. The van der Waals surface area contributed by atoms with E-state index < -0.39 is 32.4 Å². The molecule has 1 aliphatic heterocycles. The molecule has 0 aromatic rings. The highest BCUT2D eigenvalue weighted by Crippen LogP contribution is 2.46. The third-order valence-electron chi connectivity index (χ3n) is 2.60. The standard InChI is InChI=1S/C9H14F5O4P/c10-8(11,9(12,13)14)6-7-4-2-1-3-5-17-19(15,16)18-7/h7H,1-6H2,(H,15,16)/p-1. The van der Waals surface area contributed by atoms with Crippen molar-refractivity contribution in [2.24, 2.45) is 0 Å². The predicted molar refractivity (Wildman–Crippen MR) is 52.5 cm³/mol. The average molecular weight is 311 g/mol. The lowest BCUT2D eigenvalue weighted by Crippen LogP contribution is -2.40. The fraction of sp³-hybridized carbons (Fsp3) is 1.00. The van der Waals surface area contributed by atoms with Crippen LogP contribution < -0.4 is 4.89 Å². The number of rotatable bonds is 2. The number of phosphoric acid groups is 1. The van der Waals surface area contributed by atoms with Crippen molar-refractivity contribution < 1.29 is 40.5 Å². The van der Waals surface area contributed by atoms with E-state index in [9.17, 15) is 31.4 Å². The van der Waals surface area contributed by atoms with Crippen molar-refractivity contribution in [3.8, 4) is 0 Å². The lowest BCUT2D eigenvalue weighted by atomic mass is 10.0. The van der Waals surface area contributed by atoms with Gasteiger partial charge in [-0.3, -0.25) is 4.57 Å². The van der Waals surface area contributed by atoms with E-state index in [0.29, 0.717) is 19.3 Å². The van der Waals surface area contributed by atoms with Crippen molar-refractivity contribution in [1.82, 2.24) is 0 Å². The van der Waals surface area contributed by atoms with E-state index in [1.165, 1.54) is 0 Å².